The number of rotatable bonds is 4. The Hall–Kier alpha value is -3.87. The van der Waals surface area contributed by atoms with Gasteiger partial charge in [-0.15, -0.1) is 0 Å². The highest BCUT2D eigenvalue weighted by molar-refractivity contribution is 5.95. The molecule has 35 heavy (non-hydrogen) atoms. The van der Waals surface area contributed by atoms with Crippen molar-refractivity contribution in [1.29, 1.82) is 0 Å². The normalized spacial score (nSPS) is 18.4. The summed E-state index contributed by atoms with van der Waals surface area (Å²) < 4.78 is 5.21. The second-order valence-corrected chi connectivity index (χ2v) is 9.14. The first-order chi connectivity index (χ1) is 17.1. The molecule has 2 fully saturated rings. The van der Waals surface area contributed by atoms with Gasteiger partial charge in [0, 0.05) is 56.3 Å². The summed E-state index contributed by atoms with van der Waals surface area (Å²) >= 11 is 0. The first kappa shape index (κ1) is 22.9. The van der Waals surface area contributed by atoms with Crippen LogP contribution in [0.5, 0.6) is 0 Å². The molecule has 3 heterocycles. The number of hydrogen-bond donors (Lipinski definition) is 0. The average Bonchev–Trinajstić information content (AvgIpc) is 3.48. The molecule has 7 heteroatoms. The number of carbonyl (C=O) groups is 3. The van der Waals surface area contributed by atoms with E-state index in [0.29, 0.717) is 49.6 Å². The molecule has 0 radical (unpaired) electrons. The summed E-state index contributed by atoms with van der Waals surface area (Å²) in [7, 11) is 0. The van der Waals surface area contributed by atoms with Gasteiger partial charge < -0.3 is 19.1 Å². The third-order valence-electron chi connectivity index (χ3n) is 6.92. The summed E-state index contributed by atoms with van der Waals surface area (Å²) in [5, 5.41) is 0. The van der Waals surface area contributed by atoms with Gasteiger partial charge in [0.05, 0.1) is 6.26 Å². The van der Waals surface area contributed by atoms with Crippen LogP contribution in [0.2, 0.25) is 0 Å². The van der Waals surface area contributed by atoms with Crippen LogP contribution in [0.4, 0.5) is 0 Å². The Balaban J connectivity index is 1.22. The minimum absolute atomic E-state index is 0.0232. The molecule has 0 spiro atoms. The molecule has 5 rings (SSSR count). The van der Waals surface area contributed by atoms with Crippen molar-refractivity contribution in [3.8, 4) is 0 Å². The maximum atomic E-state index is 13.2. The van der Waals surface area contributed by atoms with Gasteiger partial charge in [0.25, 0.3) is 17.7 Å². The highest BCUT2D eigenvalue weighted by Gasteiger charge is 2.28. The van der Waals surface area contributed by atoms with Crippen molar-refractivity contribution in [3.63, 3.8) is 0 Å². The summed E-state index contributed by atoms with van der Waals surface area (Å²) in [6.45, 7) is 3.33. The molecule has 180 valence electrons. The zero-order valence-electron chi connectivity index (χ0n) is 19.6. The number of furan rings is 1. The summed E-state index contributed by atoms with van der Waals surface area (Å²) in [5.74, 6) is 0.419. The van der Waals surface area contributed by atoms with Crippen molar-refractivity contribution in [3.05, 3.63) is 95.4 Å². The van der Waals surface area contributed by atoms with Gasteiger partial charge >= 0.3 is 0 Å². The van der Waals surface area contributed by atoms with Crippen molar-refractivity contribution in [2.45, 2.75) is 18.8 Å². The fourth-order valence-electron chi connectivity index (χ4n) is 4.97. The molecule has 0 bridgehead atoms. The lowest BCUT2D eigenvalue weighted by molar-refractivity contribution is 0.0518. The standard InChI is InChI=1S/C28H29N3O4/c32-26(21-7-2-1-3-8-21)31-13-5-11-24(20-31)22-9-4-10-23(19-22)27(33)29-14-16-30(17-15-29)28(34)25-12-6-18-35-25/h1-4,6-10,12,18-19,24H,5,11,13-17,20H2/t24-/m1/s1. The zero-order valence-corrected chi connectivity index (χ0v) is 19.6. The topological polar surface area (TPSA) is 74.1 Å². The Kier molecular flexibility index (Phi) is 6.66. The Morgan fingerprint density at radius 1 is 0.686 bits per heavy atom. The van der Waals surface area contributed by atoms with Gasteiger partial charge in [-0.3, -0.25) is 14.4 Å². The number of carbonyl (C=O) groups excluding carboxylic acids is 3. The number of piperazine rings is 1. The highest BCUT2D eigenvalue weighted by Crippen LogP contribution is 2.29. The van der Waals surface area contributed by atoms with Crippen LogP contribution >= 0.6 is 0 Å². The summed E-state index contributed by atoms with van der Waals surface area (Å²) in [4.78, 5) is 44.1. The Labute approximate surface area is 204 Å². The van der Waals surface area contributed by atoms with E-state index in [2.05, 4.69) is 6.07 Å². The molecule has 2 aliphatic rings. The first-order valence-electron chi connectivity index (χ1n) is 12.2. The number of nitrogens with zero attached hydrogens (tertiary/aromatic N) is 3. The Bertz CT molecular complexity index is 1180. The third kappa shape index (κ3) is 4.99. The van der Waals surface area contributed by atoms with Crippen molar-refractivity contribution >= 4 is 17.7 Å². The van der Waals surface area contributed by atoms with Crippen LogP contribution in [-0.2, 0) is 0 Å². The van der Waals surface area contributed by atoms with E-state index in [1.807, 2.05) is 53.4 Å². The molecule has 0 N–H and O–H groups in total. The maximum Gasteiger partial charge on any atom is 0.289 e. The van der Waals surface area contributed by atoms with Gasteiger partial charge in [-0.1, -0.05) is 30.3 Å². The van der Waals surface area contributed by atoms with Crippen molar-refractivity contribution < 1.29 is 18.8 Å². The predicted octanol–water partition coefficient (Wildman–Crippen LogP) is 3.90. The van der Waals surface area contributed by atoms with Gasteiger partial charge in [-0.25, -0.2) is 0 Å². The number of benzene rings is 2. The molecule has 3 amide bonds. The number of likely N-dealkylation sites (tertiary alicyclic amines) is 1. The van der Waals surface area contributed by atoms with Crippen LogP contribution < -0.4 is 0 Å². The molecule has 0 saturated carbocycles. The Morgan fingerprint density at radius 2 is 1.37 bits per heavy atom. The van der Waals surface area contributed by atoms with E-state index in [4.69, 9.17) is 4.42 Å². The van der Waals surface area contributed by atoms with Crippen molar-refractivity contribution in [2.24, 2.45) is 0 Å². The van der Waals surface area contributed by atoms with Crippen LogP contribution in [0.15, 0.2) is 77.4 Å². The van der Waals surface area contributed by atoms with E-state index in [1.54, 1.807) is 21.9 Å². The second-order valence-electron chi connectivity index (χ2n) is 9.14. The van der Waals surface area contributed by atoms with E-state index >= 15 is 0 Å². The van der Waals surface area contributed by atoms with Gasteiger partial charge in [0.2, 0.25) is 0 Å². The quantitative estimate of drug-likeness (QED) is 0.579. The predicted molar refractivity (Wildman–Crippen MR) is 131 cm³/mol. The van der Waals surface area contributed by atoms with E-state index < -0.39 is 0 Å². The lowest BCUT2D eigenvalue weighted by Gasteiger charge is -2.35. The summed E-state index contributed by atoms with van der Waals surface area (Å²) in [5.41, 5.74) is 2.45. The zero-order chi connectivity index (χ0) is 24.2. The van der Waals surface area contributed by atoms with Gasteiger partial charge in [-0.05, 0) is 54.8 Å². The molecule has 1 atom stereocenters. The van der Waals surface area contributed by atoms with Gasteiger partial charge in [-0.2, -0.15) is 0 Å². The molecule has 2 aliphatic heterocycles. The molecule has 2 saturated heterocycles. The van der Waals surface area contributed by atoms with Gasteiger partial charge in [0.1, 0.15) is 0 Å². The smallest absolute Gasteiger partial charge is 0.289 e. The van der Waals surface area contributed by atoms with Crippen molar-refractivity contribution in [2.75, 3.05) is 39.3 Å². The summed E-state index contributed by atoms with van der Waals surface area (Å²) in [6, 6.07) is 20.6. The van der Waals surface area contributed by atoms with E-state index in [-0.39, 0.29) is 23.6 Å². The van der Waals surface area contributed by atoms with E-state index in [0.717, 1.165) is 24.9 Å². The van der Waals surface area contributed by atoms with Gasteiger partial charge in [0.15, 0.2) is 5.76 Å². The molecule has 7 nitrogen and oxygen atoms in total. The minimum Gasteiger partial charge on any atom is -0.459 e. The SMILES string of the molecule is O=C(c1cccc([C@@H]2CCCN(C(=O)c3ccccc3)C2)c1)N1CCN(C(=O)c2ccco2)CC1. The number of amides is 3. The lowest BCUT2D eigenvalue weighted by atomic mass is 9.89. The lowest BCUT2D eigenvalue weighted by Crippen LogP contribution is -2.50. The van der Waals surface area contributed by atoms with E-state index in [1.165, 1.54) is 6.26 Å². The van der Waals surface area contributed by atoms with Crippen molar-refractivity contribution in [1.82, 2.24) is 14.7 Å². The molecule has 0 aliphatic carbocycles. The molecule has 0 unspecified atom stereocenters. The average molecular weight is 472 g/mol. The monoisotopic (exact) mass is 471 g/mol. The number of piperidine rings is 1. The fourth-order valence-corrected chi connectivity index (χ4v) is 4.97. The van der Waals surface area contributed by atoms with Crippen LogP contribution in [0, 0.1) is 0 Å². The van der Waals surface area contributed by atoms with Crippen LogP contribution in [-0.4, -0.2) is 71.7 Å². The fraction of sp³-hybridized carbons (Fsp3) is 0.321. The molecule has 3 aromatic rings. The molecule has 1 aromatic heterocycles. The van der Waals surface area contributed by atoms with Crippen LogP contribution in [0.1, 0.15) is 55.6 Å². The number of hydrogen-bond acceptors (Lipinski definition) is 4. The maximum absolute atomic E-state index is 13.2. The largest absolute Gasteiger partial charge is 0.459 e. The van der Waals surface area contributed by atoms with Crippen LogP contribution in [0.25, 0.3) is 0 Å². The first-order valence-corrected chi connectivity index (χ1v) is 12.2. The molecular weight excluding hydrogens is 442 g/mol. The molecule has 2 aromatic carbocycles. The highest BCUT2D eigenvalue weighted by atomic mass is 16.3. The van der Waals surface area contributed by atoms with E-state index in [9.17, 15) is 14.4 Å². The third-order valence-corrected chi connectivity index (χ3v) is 6.92. The Morgan fingerprint density at radius 3 is 2.09 bits per heavy atom. The second kappa shape index (κ2) is 10.2. The van der Waals surface area contributed by atoms with Crippen LogP contribution in [0.3, 0.4) is 0 Å². The summed E-state index contributed by atoms with van der Waals surface area (Å²) in [6.07, 6.45) is 3.42. The molecular formula is C28H29N3O4. The minimum atomic E-state index is -0.143.